The van der Waals surface area contributed by atoms with E-state index in [0.717, 1.165) is 0 Å². The second-order valence-corrected chi connectivity index (χ2v) is 7.54. The molecular formula is C20H28N2O10. The third-order valence-electron chi connectivity index (χ3n) is 5.24. The van der Waals surface area contributed by atoms with Crippen LogP contribution in [0.25, 0.3) is 0 Å². The molecule has 0 aliphatic carbocycles. The van der Waals surface area contributed by atoms with Crippen LogP contribution in [0.3, 0.4) is 0 Å². The van der Waals surface area contributed by atoms with Crippen molar-refractivity contribution in [1.29, 1.82) is 0 Å². The number of hydrogen-bond acceptors (Lipinski definition) is 9. The minimum absolute atomic E-state index is 0.0386. The zero-order valence-corrected chi connectivity index (χ0v) is 17.1. The van der Waals surface area contributed by atoms with Crippen molar-refractivity contribution < 1.29 is 49.8 Å². The molecule has 1 amide bonds. The third-order valence-corrected chi connectivity index (χ3v) is 5.24. The number of benzene rings is 1. The van der Waals surface area contributed by atoms with Crippen molar-refractivity contribution in [1.82, 2.24) is 10.6 Å². The lowest BCUT2D eigenvalue weighted by Gasteiger charge is -2.35. The fraction of sp³-hybridized carbons (Fsp3) is 0.550. The van der Waals surface area contributed by atoms with Gasteiger partial charge in [0.1, 0.15) is 24.4 Å². The van der Waals surface area contributed by atoms with Crippen LogP contribution < -0.4 is 10.6 Å². The number of nitrogens with one attached hydrogen (secondary N) is 2. The van der Waals surface area contributed by atoms with Crippen LogP contribution in [0.2, 0.25) is 0 Å². The van der Waals surface area contributed by atoms with Gasteiger partial charge in [-0.05, 0) is 12.0 Å². The van der Waals surface area contributed by atoms with Gasteiger partial charge in [-0.2, -0.15) is 0 Å². The number of amides is 1. The molecule has 1 fully saturated rings. The van der Waals surface area contributed by atoms with Gasteiger partial charge in [0, 0.05) is 12.8 Å². The van der Waals surface area contributed by atoms with Crippen molar-refractivity contribution in [2.24, 2.45) is 0 Å². The molecule has 6 atom stereocenters. The molecule has 1 aliphatic rings. The van der Waals surface area contributed by atoms with Gasteiger partial charge in [0.25, 0.3) is 0 Å². The number of aliphatic carboxylic acids is 2. The molecule has 0 aromatic heterocycles. The molecule has 0 bridgehead atoms. The number of hydrogen-bond donors (Lipinski definition) is 8. The number of carboxylic acid groups (broad SMARTS) is 2. The number of carboxylic acids is 2. The van der Waals surface area contributed by atoms with Crippen molar-refractivity contribution in [3.05, 3.63) is 35.9 Å². The van der Waals surface area contributed by atoms with Gasteiger partial charge >= 0.3 is 11.9 Å². The first kappa shape index (κ1) is 25.6. The maximum atomic E-state index is 12.9. The van der Waals surface area contributed by atoms with E-state index in [4.69, 9.17) is 9.84 Å². The summed E-state index contributed by atoms with van der Waals surface area (Å²) in [5.41, 5.74) is -1.43. The first-order valence-corrected chi connectivity index (χ1v) is 9.95. The number of aliphatic hydroxyl groups is 4. The molecule has 1 heterocycles. The highest BCUT2D eigenvalue weighted by Crippen LogP contribution is 2.30. The van der Waals surface area contributed by atoms with Crippen LogP contribution in [0.1, 0.15) is 18.4 Å². The number of ether oxygens (including phenoxy) is 1. The number of aliphatic hydroxyl groups excluding tert-OH is 4. The lowest BCUT2D eigenvalue weighted by molar-refractivity contribution is -0.153. The molecule has 1 aliphatic heterocycles. The van der Waals surface area contributed by atoms with Crippen molar-refractivity contribution >= 4 is 17.8 Å². The van der Waals surface area contributed by atoms with Gasteiger partial charge in [-0.1, -0.05) is 30.3 Å². The Hall–Kier alpha value is -2.61. The van der Waals surface area contributed by atoms with E-state index in [1.54, 1.807) is 30.3 Å². The zero-order valence-electron chi connectivity index (χ0n) is 17.1. The van der Waals surface area contributed by atoms with E-state index >= 15 is 0 Å². The van der Waals surface area contributed by atoms with E-state index in [2.05, 4.69) is 10.6 Å². The summed E-state index contributed by atoms with van der Waals surface area (Å²) < 4.78 is 5.35. The molecule has 178 valence electrons. The molecular weight excluding hydrogens is 428 g/mol. The Balaban J connectivity index is 2.21. The van der Waals surface area contributed by atoms with Crippen LogP contribution in [0, 0.1) is 0 Å². The molecule has 8 N–H and O–H groups in total. The molecule has 32 heavy (non-hydrogen) atoms. The highest BCUT2D eigenvalue weighted by Gasteiger charge is 2.55. The Morgan fingerprint density at radius 3 is 2.22 bits per heavy atom. The second kappa shape index (κ2) is 11.3. The molecule has 1 aromatic carbocycles. The normalized spacial score (nSPS) is 26.9. The highest BCUT2D eigenvalue weighted by atomic mass is 16.6. The molecule has 0 saturated carbocycles. The Labute approximate surface area is 183 Å². The molecule has 1 saturated heterocycles. The maximum absolute atomic E-state index is 12.9. The predicted octanol–water partition coefficient (Wildman–Crippen LogP) is -2.58. The van der Waals surface area contributed by atoms with E-state index in [9.17, 15) is 39.9 Å². The van der Waals surface area contributed by atoms with Gasteiger partial charge in [-0.25, -0.2) is 4.79 Å². The molecule has 12 heteroatoms. The van der Waals surface area contributed by atoms with E-state index in [0.29, 0.717) is 5.56 Å². The van der Waals surface area contributed by atoms with Gasteiger partial charge < -0.3 is 40.7 Å². The summed E-state index contributed by atoms with van der Waals surface area (Å²) in [5, 5.41) is 62.8. The van der Waals surface area contributed by atoms with Crippen molar-refractivity contribution in [3.8, 4) is 0 Å². The Morgan fingerprint density at radius 2 is 1.72 bits per heavy atom. The Morgan fingerprint density at radius 1 is 1.06 bits per heavy atom. The molecule has 1 unspecified atom stereocenters. The summed E-state index contributed by atoms with van der Waals surface area (Å²) in [5.74, 6) is -3.45. The lowest BCUT2D eigenvalue weighted by atomic mass is 10.00. The molecule has 0 spiro atoms. The van der Waals surface area contributed by atoms with Crippen LogP contribution >= 0.6 is 0 Å². The number of rotatable bonds is 12. The van der Waals surface area contributed by atoms with E-state index < -0.39 is 73.6 Å². The summed E-state index contributed by atoms with van der Waals surface area (Å²) in [6.45, 7) is -1.61. The number of carbonyl (C=O) groups excluding carboxylic acids is 1. The van der Waals surface area contributed by atoms with Crippen molar-refractivity contribution in [3.63, 3.8) is 0 Å². The van der Waals surface area contributed by atoms with Crippen LogP contribution in [0.5, 0.6) is 0 Å². The highest BCUT2D eigenvalue weighted by molar-refractivity contribution is 5.87. The predicted molar refractivity (Wildman–Crippen MR) is 107 cm³/mol. The first-order valence-electron chi connectivity index (χ1n) is 9.95. The standard InChI is InChI=1S/C20H28N2O10/c23-9-14-16(27)17(28)20(10-24,32-14)22-12(6-7-15(25)26)18(29)21-13(19(30)31)8-11-4-2-1-3-5-11/h1-5,12-14,16-17,22-24,27-28H,6-10H2,(H,21,29)(H,25,26)(H,30,31)/t12-,13-,14+,16+,17-,20?/m0/s1. The van der Waals surface area contributed by atoms with Gasteiger partial charge in [0.2, 0.25) is 5.91 Å². The van der Waals surface area contributed by atoms with Gasteiger partial charge in [0.05, 0.1) is 19.3 Å². The fourth-order valence-corrected chi connectivity index (χ4v) is 3.48. The van der Waals surface area contributed by atoms with Crippen LogP contribution in [-0.4, -0.2) is 97.8 Å². The molecule has 2 rings (SSSR count). The lowest BCUT2D eigenvalue weighted by Crippen LogP contribution is -2.64. The largest absolute Gasteiger partial charge is 0.481 e. The minimum atomic E-state index is -2.08. The zero-order chi connectivity index (χ0) is 23.9. The SMILES string of the molecule is O=C(O)CC[C@H](NC1(CO)O[C@H](CO)[C@@H](O)[C@@H]1O)C(=O)N[C@@H](Cc1ccccc1)C(=O)O. The quantitative estimate of drug-likeness (QED) is 0.164. The Kier molecular flexibility index (Phi) is 9.07. The third kappa shape index (κ3) is 6.22. The van der Waals surface area contributed by atoms with Crippen molar-refractivity contribution in [2.45, 2.75) is 55.4 Å². The second-order valence-electron chi connectivity index (χ2n) is 7.54. The van der Waals surface area contributed by atoms with Gasteiger partial charge in [0.15, 0.2) is 5.72 Å². The van der Waals surface area contributed by atoms with E-state index in [-0.39, 0.29) is 12.8 Å². The first-order chi connectivity index (χ1) is 15.1. The molecule has 1 aromatic rings. The average molecular weight is 456 g/mol. The minimum Gasteiger partial charge on any atom is -0.481 e. The summed E-state index contributed by atoms with van der Waals surface area (Å²) in [4.78, 5) is 35.6. The van der Waals surface area contributed by atoms with Crippen LogP contribution in [-0.2, 0) is 25.5 Å². The van der Waals surface area contributed by atoms with E-state index in [1.165, 1.54) is 0 Å². The summed E-state index contributed by atoms with van der Waals surface area (Å²) >= 11 is 0. The van der Waals surface area contributed by atoms with Crippen LogP contribution in [0.15, 0.2) is 30.3 Å². The van der Waals surface area contributed by atoms with Crippen molar-refractivity contribution in [2.75, 3.05) is 13.2 Å². The molecule has 12 nitrogen and oxygen atoms in total. The maximum Gasteiger partial charge on any atom is 0.326 e. The monoisotopic (exact) mass is 456 g/mol. The smallest absolute Gasteiger partial charge is 0.326 e. The molecule has 0 radical (unpaired) electrons. The Bertz CT molecular complexity index is 792. The van der Waals surface area contributed by atoms with Gasteiger partial charge in [-0.15, -0.1) is 0 Å². The fourth-order valence-electron chi connectivity index (χ4n) is 3.48. The summed E-state index contributed by atoms with van der Waals surface area (Å²) in [6, 6.07) is 5.79. The average Bonchev–Trinajstić information content (AvgIpc) is 3.01. The number of carbonyl (C=O) groups is 3. The topological polar surface area (TPSA) is 206 Å². The summed E-state index contributed by atoms with van der Waals surface area (Å²) in [7, 11) is 0. The van der Waals surface area contributed by atoms with E-state index in [1.807, 2.05) is 0 Å². The van der Waals surface area contributed by atoms with Crippen LogP contribution in [0.4, 0.5) is 0 Å². The van der Waals surface area contributed by atoms with Gasteiger partial charge in [-0.3, -0.25) is 14.9 Å². The summed E-state index contributed by atoms with van der Waals surface area (Å²) in [6.07, 6.45) is -5.49.